The molecule has 2 heterocycles. The standard InChI is InChI=1S/C89H165O25P/c1-5-9-13-17-21-25-29-33-35-39-42-46-50-54-58-62-73(92)106-68-71-77(96)79(98)83(102)89(110-71)113-86-84(111-75(94)64-60-56-52-48-43-38-32-28-24-20-16-12-8-4)80(99)81(100)85(112-88-82(101)78(97)76(95)70(65-90)109-88)87(86)114-115(103,104)107-67-69(66-105-72(91)61-57-53-49-45-41-37-31-27-23-19-15-11-7-3)108-74(93)63-59-55-51-47-44-40-36-34-30-26-22-18-14-10-6-2/h37,41,69-71,76-90,95-102H,5-36,38-40,42-68H2,1-4H3,(H,103,104)/b41-37-. The van der Waals surface area contributed by atoms with Gasteiger partial charge in [-0.05, 0) is 51.4 Å². The summed E-state index contributed by atoms with van der Waals surface area (Å²) in [5.41, 5.74) is 0. The SMILES string of the molecule is CCCCCCCC/C=C\CCCCCC(=O)OCC(COP(=O)(O)OC1C(OC2OC(CO)C(O)C(O)C2O)C(O)C(O)C(OC(=O)CCCCCCCCCCCCCCC)C1OC1OC(COC(=O)CCCCCCCCCCCCCCCCC)C(O)C(O)C1O)OC(=O)CCCCCCCCCCCCCCCCC. The summed E-state index contributed by atoms with van der Waals surface area (Å²) in [4.78, 5) is 66.4. The van der Waals surface area contributed by atoms with E-state index >= 15 is 0 Å². The van der Waals surface area contributed by atoms with Crippen molar-refractivity contribution in [2.24, 2.45) is 0 Å². The molecule has 3 aliphatic rings. The maximum Gasteiger partial charge on any atom is 0.472 e. The summed E-state index contributed by atoms with van der Waals surface area (Å²) in [5.74, 6) is -2.97. The maximum atomic E-state index is 14.9. The third-order valence-corrected chi connectivity index (χ3v) is 23.8. The molecule has 18 unspecified atom stereocenters. The van der Waals surface area contributed by atoms with Gasteiger partial charge in [-0.3, -0.25) is 28.2 Å². The number of aliphatic hydroxyl groups is 9. The highest BCUT2D eigenvalue weighted by molar-refractivity contribution is 7.47. The molecule has 0 aromatic heterocycles. The number of rotatable bonds is 75. The molecule has 26 heteroatoms. The van der Waals surface area contributed by atoms with Crippen LogP contribution in [0.15, 0.2) is 12.2 Å². The average Bonchev–Trinajstić information content (AvgIpc) is 0.754. The summed E-state index contributed by atoms with van der Waals surface area (Å²) >= 11 is 0. The molecule has 676 valence electrons. The highest BCUT2D eigenvalue weighted by Crippen LogP contribution is 2.49. The molecule has 18 atom stereocenters. The molecule has 25 nitrogen and oxygen atoms in total. The Labute approximate surface area is 692 Å². The number of allylic oxidation sites excluding steroid dienone is 2. The van der Waals surface area contributed by atoms with Gasteiger partial charge in [-0.1, -0.05) is 335 Å². The molecule has 2 saturated heterocycles. The van der Waals surface area contributed by atoms with Gasteiger partial charge in [0.1, 0.15) is 92.6 Å². The quantitative estimate of drug-likeness (QED) is 0.00889. The van der Waals surface area contributed by atoms with Gasteiger partial charge in [-0.25, -0.2) is 4.57 Å². The molecule has 3 rings (SSSR count). The number of phosphoric acid groups is 1. The summed E-state index contributed by atoms with van der Waals surface area (Å²) in [5, 5.41) is 102. The molecule has 0 amide bonds. The lowest BCUT2D eigenvalue weighted by atomic mass is 9.84. The Morgan fingerprint density at radius 1 is 0.339 bits per heavy atom. The van der Waals surface area contributed by atoms with Gasteiger partial charge in [0.25, 0.3) is 0 Å². The molecular formula is C89H165O25P. The van der Waals surface area contributed by atoms with E-state index in [1.54, 1.807) is 0 Å². The average molecular weight is 1670 g/mol. The molecule has 0 aromatic carbocycles. The van der Waals surface area contributed by atoms with Crippen LogP contribution in [0.4, 0.5) is 0 Å². The van der Waals surface area contributed by atoms with E-state index in [-0.39, 0.29) is 25.7 Å². The Morgan fingerprint density at radius 3 is 1.04 bits per heavy atom. The van der Waals surface area contributed by atoms with Crippen LogP contribution in [0.5, 0.6) is 0 Å². The molecule has 1 aliphatic carbocycles. The van der Waals surface area contributed by atoms with Gasteiger partial charge in [0.05, 0.1) is 13.2 Å². The highest BCUT2D eigenvalue weighted by atomic mass is 31.2. The van der Waals surface area contributed by atoms with Crippen LogP contribution in [0.3, 0.4) is 0 Å². The smallest absolute Gasteiger partial charge is 0.463 e. The van der Waals surface area contributed by atoms with Crippen molar-refractivity contribution in [3.05, 3.63) is 12.2 Å². The van der Waals surface area contributed by atoms with Crippen molar-refractivity contribution in [3.63, 3.8) is 0 Å². The molecule has 0 aromatic rings. The zero-order valence-electron chi connectivity index (χ0n) is 71.9. The van der Waals surface area contributed by atoms with Crippen molar-refractivity contribution in [1.29, 1.82) is 0 Å². The van der Waals surface area contributed by atoms with Gasteiger partial charge < -0.3 is 88.7 Å². The van der Waals surface area contributed by atoms with Crippen LogP contribution >= 0.6 is 7.82 Å². The Kier molecular flexibility index (Phi) is 63.6. The summed E-state index contributed by atoms with van der Waals surface area (Å²) in [6, 6.07) is 0. The van der Waals surface area contributed by atoms with Crippen molar-refractivity contribution in [2.45, 2.75) is 504 Å². The summed E-state index contributed by atoms with van der Waals surface area (Å²) in [7, 11) is -5.80. The molecule has 2 aliphatic heterocycles. The van der Waals surface area contributed by atoms with Gasteiger partial charge in [-0.2, -0.15) is 0 Å². The van der Waals surface area contributed by atoms with Crippen LogP contribution in [0.2, 0.25) is 0 Å². The number of carbonyl (C=O) groups excluding carboxylic acids is 4. The zero-order valence-corrected chi connectivity index (χ0v) is 72.7. The number of hydrogen-bond acceptors (Lipinski definition) is 24. The molecule has 0 bridgehead atoms. The minimum atomic E-state index is -5.80. The van der Waals surface area contributed by atoms with Gasteiger partial charge in [0.15, 0.2) is 24.8 Å². The van der Waals surface area contributed by atoms with Gasteiger partial charge in [0.2, 0.25) is 0 Å². The fourth-order valence-corrected chi connectivity index (χ4v) is 16.3. The number of carbonyl (C=O) groups is 4. The molecule has 10 N–H and O–H groups in total. The predicted molar refractivity (Wildman–Crippen MR) is 444 cm³/mol. The Bertz CT molecular complexity index is 2440. The fraction of sp³-hybridized carbons (Fsp3) is 0.933. The summed E-state index contributed by atoms with van der Waals surface area (Å²) in [6.45, 7) is 5.58. The predicted octanol–water partition coefficient (Wildman–Crippen LogP) is 16.8. The minimum absolute atomic E-state index is 0.0167. The van der Waals surface area contributed by atoms with Crippen molar-refractivity contribution in [2.75, 3.05) is 26.4 Å². The van der Waals surface area contributed by atoms with Crippen molar-refractivity contribution >= 4 is 31.7 Å². The molecule has 0 radical (unpaired) electrons. The first-order valence-corrected chi connectivity index (χ1v) is 47.9. The second kappa shape index (κ2) is 68.7. The van der Waals surface area contributed by atoms with Crippen molar-refractivity contribution in [3.8, 4) is 0 Å². The van der Waals surface area contributed by atoms with E-state index in [0.717, 1.165) is 128 Å². The lowest BCUT2D eigenvalue weighted by Gasteiger charge is -2.50. The lowest BCUT2D eigenvalue weighted by Crippen LogP contribution is -2.70. The zero-order chi connectivity index (χ0) is 84.0. The highest BCUT2D eigenvalue weighted by Gasteiger charge is 2.60. The number of hydrogen-bond donors (Lipinski definition) is 10. The first-order chi connectivity index (χ1) is 55.7. The number of unbranched alkanes of at least 4 members (excludes halogenated alkanes) is 49. The van der Waals surface area contributed by atoms with Crippen LogP contribution in [-0.2, 0) is 70.7 Å². The largest absolute Gasteiger partial charge is 0.472 e. The number of phosphoric ester groups is 1. The molecule has 0 spiro atoms. The molecule has 115 heavy (non-hydrogen) atoms. The molecule has 1 saturated carbocycles. The van der Waals surface area contributed by atoms with E-state index in [1.165, 1.54) is 186 Å². The van der Waals surface area contributed by atoms with E-state index < -0.39 is 162 Å². The van der Waals surface area contributed by atoms with E-state index in [9.17, 15) is 74.6 Å². The third-order valence-electron chi connectivity index (χ3n) is 22.8. The van der Waals surface area contributed by atoms with E-state index in [1.807, 2.05) is 0 Å². The van der Waals surface area contributed by atoms with Crippen LogP contribution in [0.25, 0.3) is 0 Å². The monoisotopic (exact) mass is 1670 g/mol. The topological polar surface area (TPSA) is 380 Å². The number of esters is 4. The second-order valence-corrected chi connectivity index (χ2v) is 34.6. The first kappa shape index (κ1) is 106. The Hall–Kier alpha value is -2.79. The minimum Gasteiger partial charge on any atom is -0.463 e. The Balaban J connectivity index is 1.92. The third kappa shape index (κ3) is 49.2. The van der Waals surface area contributed by atoms with Crippen LogP contribution in [0, 0.1) is 0 Å². The van der Waals surface area contributed by atoms with E-state index in [4.69, 9.17) is 46.9 Å². The fourth-order valence-electron chi connectivity index (χ4n) is 15.4. The summed E-state index contributed by atoms with van der Waals surface area (Å²) in [6.07, 6.45) is 26.5. The van der Waals surface area contributed by atoms with E-state index in [2.05, 4.69) is 39.8 Å². The molecular weight excluding hydrogens is 1500 g/mol. The van der Waals surface area contributed by atoms with Gasteiger partial charge in [-0.15, -0.1) is 0 Å². The molecule has 3 fully saturated rings. The Morgan fingerprint density at radius 2 is 0.652 bits per heavy atom. The second-order valence-electron chi connectivity index (χ2n) is 33.2. The number of ether oxygens (including phenoxy) is 8. The lowest BCUT2D eigenvalue weighted by molar-refractivity contribution is -0.360. The van der Waals surface area contributed by atoms with E-state index in [0.29, 0.717) is 32.1 Å². The van der Waals surface area contributed by atoms with Crippen molar-refractivity contribution < 1.29 is 122 Å². The number of aliphatic hydroxyl groups excluding tert-OH is 9. The van der Waals surface area contributed by atoms with Crippen LogP contribution in [-0.4, -0.2) is 205 Å². The van der Waals surface area contributed by atoms with Crippen LogP contribution in [0.1, 0.15) is 400 Å². The maximum absolute atomic E-state index is 14.9. The van der Waals surface area contributed by atoms with Gasteiger partial charge in [0, 0.05) is 25.7 Å². The normalized spacial score (nSPS) is 25.3. The van der Waals surface area contributed by atoms with Crippen molar-refractivity contribution in [1.82, 2.24) is 0 Å². The summed E-state index contributed by atoms with van der Waals surface area (Å²) < 4.78 is 73.3. The van der Waals surface area contributed by atoms with Crippen LogP contribution < -0.4 is 0 Å². The first-order valence-electron chi connectivity index (χ1n) is 46.4. The van der Waals surface area contributed by atoms with Gasteiger partial charge >= 0.3 is 31.7 Å².